The third kappa shape index (κ3) is 3.21. The summed E-state index contributed by atoms with van der Waals surface area (Å²) in [7, 11) is 1.54. The Kier molecular flexibility index (Phi) is 4.10. The molecule has 0 spiro atoms. The Bertz CT molecular complexity index is 620. The van der Waals surface area contributed by atoms with Gasteiger partial charge in [0.05, 0.1) is 12.7 Å². The number of nitrogens with zero attached hydrogens (tertiary/aromatic N) is 1. The molecule has 1 fully saturated rings. The van der Waals surface area contributed by atoms with Gasteiger partial charge in [-0.1, -0.05) is 0 Å². The Morgan fingerprint density at radius 3 is 2.78 bits per heavy atom. The Labute approximate surface area is 136 Å². The number of aromatic hydroxyl groups is 1. The Morgan fingerprint density at radius 2 is 2.13 bits per heavy atom. The molecule has 0 unspecified atom stereocenters. The maximum absolute atomic E-state index is 12.5. The van der Waals surface area contributed by atoms with E-state index in [9.17, 15) is 15.0 Å². The number of ketones is 1. The normalized spacial score (nSPS) is 25.0. The highest BCUT2D eigenvalue weighted by Gasteiger charge is 2.39. The second kappa shape index (κ2) is 5.80. The molecule has 2 N–H and O–H groups in total. The molecule has 1 saturated heterocycles. The molecule has 2 aliphatic heterocycles. The highest BCUT2D eigenvalue weighted by atomic mass is 16.5. The third-order valence-electron chi connectivity index (χ3n) is 4.96. The van der Waals surface area contributed by atoms with Crippen molar-refractivity contribution in [2.45, 2.75) is 44.8 Å². The molecule has 0 bridgehead atoms. The quantitative estimate of drug-likeness (QED) is 0.892. The van der Waals surface area contributed by atoms with E-state index in [4.69, 9.17) is 4.74 Å². The second-order valence-electron chi connectivity index (χ2n) is 7.37. The summed E-state index contributed by atoms with van der Waals surface area (Å²) in [4.78, 5) is 14.8. The van der Waals surface area contributed by atoms with Crippen LogP contribution in [0.25, 0.3) is 0 Å². The van der Waals surface area contributed by atoms with Gasteiger partial charge in [0, 0.05) is 31.5 Å². The number of fused-ring (bicyclic) bond motifs is 3. The van der Waals surface area contributed by atoms with Crippen LogP contribution in [0, 0.1) is 5.92 Å². The van der Waals surface area contributed by atoms with E-state index in [0.717, 1.165) is 24.1 Å². The fraction of sp³-hybridized carbons (Fsp3) is 0.611. The zero-order chi connectivity index (χ0) is 16.8. The van der Waals surface area contributed by atoms with Crippen LogP contribution in [0.4, 0.5) is 0 Å². The van der Waals surface area contributed by atoms with Gasteiger partial charge in [0.15, 0.2) is 11.5 Å². The van der Waals surface area contributed by atoms with Crippen LogP contribution in [0.2, 0.25) is 0 Å². The van der Waals surface area contributed by atoms with Gasteiger partial charge >= 0.3 is 0 Å². The summed E-state index contributed by atoms with van der Waals surface area (Å²) in [5, 5.41) is 20.1. The zero-order valence-electron chi connectivity index (χ0n) is 14.0. The van der Waals surface area contributed by atoms with Crippen LogP contribution in [0.1, 0.15) is 43.9 Å². The molecule has 0 amide bonds. The minimum absolute atomic E-state index is 0.0288. The van der Waals surface area contributed by atoms with E-state index in [0.29, 0.717) is 25.1 Å². The maximum atomic E-state index is 12.5. The smallest absolute Gasteiger partial charge is 0.160 e. The lowest BCUT2D eigenvalue weighted by molar-refractivity contribution is -0.131. The summed E-state index contributed by atoms with van der Waals surface area (Å²) in [6, 6.07) is 3.66. The number of piperidine rings is 1. The zero-order valence-corrected chi connectivity index (χ0v) is 14.0. The first kappa shape index (κ1) is 16.3. The number of rotatable bonds is 3. The van der Waals surface area contributed by atoms with Gasteiger partial charge in [-0.25, -0.2) is 0 Å². The molecule has 5 heteroatoms. The molecular formula is C18H25NO4. The molecule has 0 aromatic heterocycles. The molecule has 2 atom stereocenters. The lowest BCUT2D eigenvalue weighted by atomic mass is 9.79. The molecule has 0 aliphatic carbocycles. The minimum Gasteiger partial charge on any atom is -0.504 e. The molecule has 1 aromatic rings. The monoisotopic (exact) mass is 319 g/mol. The number of phenolic OH excluding ortho intramolecular Hbond substituents is 1. The molecule has 23 heavy (non-hydrogen) atoms. The summed E-state index contributed by atoms with van der Waals surface area (Å²) in [6.45, 7) is 5.07. The van der Waals surface area contributed by atoms with Crippen molar-refractivity contribution in [3.05, 3.63) is 23.3 Å². The lowest BCUT2D eigenvalue weighted by Crippen LogP contribution is -2.47. The van der Waals surface area contributed by atoms with E-state index in [2.05, 4.69) is 4.90 Å². The van der Waals surface area contributed by atoms with E-state index < -0.39 is 5.60 Å². The SMILES string of the molecule is COc1cc2c(cc1O)[C@H]1CC(=O)[C@H](CC(C)(C)O)CN1CC2. The van der Waals surface area contributed by atoms with E-state index in [1.165, 1.54) is 0 Å². The average molecular weight is 319 g/mol. The van der Waals surface area contributed by atoms with Crippen molar-refractivity contribution in [2.24, 2.45) is 5.92 Å². The van der Waals surface area contributed by atoms with Gasteiger partial charge in [0.1, 0.15) is 5.78 Å². The minimum atomic E-state index is -0.827. The van der Waals surface area contributed by atoms with Crippen molar-refractivity contribution in [1.29, 1.82) is 0 Å². The van der Waals surface area contributed by atoms with Crippen LogP contribution >= 0.6 is 0 Å². The number of aliphatic hydroxyl groups is 1. The topological polar surface area (TPSA) is 70.0 Å². The lowest BCUT2D eigenvalue weighted by Gasteiger charge is -2.43. The van der Waals surface area contributed by atoms with Crippen molar-refractivity contribution >= 4 is 5.78 Å². The van der Waals surface area contributed by atoms with Crippen molar-refractivity contribution in [1.82, 2.24) is 4.90 Å². The Balaban J connectivity index is 1.85. The summed E-state index contributed by atoms with van der Waals surface area (Å²) in [5.41, 5.74) is 1.35. The summed E-state index contributed by atoms with van der Waals surface area (Å²) in [6.07, 6.45) is 1.82. The fourth-order valence-corrected chi connectivity index (χ4v) is 3.91. The molecule has 2 heterocycles. The van der Waals surface area contributed by atoms with Gasteiger partial charge in [-0.3, -0.25) is 9.69 Å². The summed E-state index contributed by atoms with van der Waals surface area (Å²) in [5.74, 6) is 0.703. The van der Waals surface area contributed by atoms with Gasteiger partial charge in [-0.05, 0) is 49.9 Å². The number of phenols is 1. The van der Waals surface area contributed by atoms with Gasteiger partial charge < -0.3 is 14.9 Å². The van der Waals surface area contributed by atoms with Crippen molar-refractivity contribution in [3.8, 4) is 11.5 Å². The van der Waals surface area contributed by atoms with E-state index >= 15 is 0 Å². The van der Waals surface area contributed by atoms with E-state index in [1.54, 1.807) is 27.0 Å². The number of carbonyl (C=O) groups excluding carboxylic acids is 1. The highest BCUT2D eigenvalue weighted by Crippen LogP contribution is 2.42. The number of methoxy groups -OCH3 is 1. The van der Waals surface area contributed by atoms with Crippen LogP contribution in [0.15, 0.2) is 12.1 Å². The first-order valence-electron chi connectivity index (χ1n) is 8.17. The van der Waals surface area contributed by atoms with Gasteiger partial charge in [0.25, 0.3) is 0 Å². The van der Waals surface area contributed by atoms with Crippen LogP contribution in [-0.2, 0) is 11.2 Å². The second-order valence-corrected chi connectivity index (χ2v) is 7.37. The standard InChI is InChI=1S/C18H25NO4/c1-18(2,22)9-12-10-19-5-4-11-6-17(23-3)16(21)7-13(11)14(19)8-15(12)20/h6-7,12,14,21-22H,4-5,8-10H2,1-3H3/t12-,14-/m1/s1. The largest absolute Gasteiger partial charge is 0.504 e. The average Bonchev–Trinajstić information content (AvgIpc) is 2.46. The molecule has 0 radical (unpaired) electrons. The Hall–Kier alpha value is -1.59. The maximum Gasteiger partial charge on any atom is 0.160 e. The molecule has 0 saturated carbocycles. The number of ether oxygens (including phenoxy) is 1. The van der Waals surface area contributed by atoms with Crippen LogP contribution in [-0.4, -0.2) is 46.7 Å². The predicted octanol–water partition coefficient (Wildman–Crippen LogP) is 2.05. The van der Waals surface area contributed by atoms with Crippen LogP contribution < -0.4 is 4.74 Å². The number of hydrogen-bond donors (Lipinski definition) is 2. The molecule has 1 aromatic carbocycles. The van der Waals surface area contributed by atoms with Crippen LogP contribution in [0.3, 0.4) is 0 Å². The van der Waals surface area contributed by atoms with Crippen molar-refractivity contribution in [3.63, 3.8) is 0 Å². The number of benzene rings is 1. The molecule has 3 rings (SSSR count). The number of carbonyl (C=O) groups is 1. The first-order valence-corrected chi connectivity index (χ1v) is 8.17. The van der Waals surface area contributed by atoms with Crippen molar-refractivity contribution < 1.29 is 19.7 Å². The number of hydrogen-bond acceptors (Lipinski definition) is 5. The summed E-state index contributed by atoms with van der Waals surface area (Å²) >= 11 is 0. The van der Waals surface area contributed by atoms with Crippen LogP contribution in [0.5, 0.6) is 11.5 Å². The fourth-order valence-electron chi connectivity index (χ4n) is 3.91. The first-order chi connectivity index (χ1) is 10.8. The molecular weight excluding hydrogens is 294 g/mol. The van der Waals surface area contributed by atoms with Gasteiger partial charge in [0.2, 0.25) is 0 Å². The molecule has 5 nitrogen and oxygen atoms in total. The Morgan fingerprint density at radius 1 is 1.39 bits per heavy atom. The van der Waals surface area contributed by atoms with Gasteiger partial charge in [-0.2, -0.15) is 0 Å². The van der Waals surface area contributed by atoms with Crippen molar-refractivity contribution in [2.75, 3.05) is 20.2 Å². The van der Waals surface area contributed by atoms with E-state index in [1.807, 2.05) is 6.07 Å². The predicted molar refractivity (Wildman–Crippen MR) is 86.7 cm³/mol. The molecule has 126 valence electrons. The summed E-state index contributed by atoms with van der Waals surface area (Å²) < 4.78 is 5.18. The third-order valence-corrected chi connectivity index (χ3v) is 4.96. The highest BCUT2D eigenvalue weighted by molar-refractivity contribution is 5.83. The van der Waals surface area contributed by atoms with E-state index in [-0.39, 0.29) is 23.5 Å². The molecule has 2 aliphatic rings. The number of Topliss-reactive ketones (excluding diaryl/α,β-unsaturated/α-hetero) is 1. The van der Waals surface area contributed by atoms with Gasteiger partial charge in [-0.15, -0.1) is 0 Å².